The van der Waals surface area contributed by atoms with Crippen LogP contribution in [0.2, 0.25) is 5.02 Å². The molecule has 0 spiro atoms. The van der Waals surface area contributed by atoms with Crippen molar-refractivity contribution in [3.05, 3.63) is 57.6 Å². The fourth-order valence-electron chi connectivity index (χ4n) is 3.68. The van der Waals surface area contributed by atoms with E-state index in [2.05, 4.69) is 17.4 Å². The third-order valence-electron chi connectivity index (χ3n) is 5.18. The van der Waals surface area contributed by atoms with Crippen molar-refractivity contribution in [2.45, 2.75) is 27.3 Å². The van der Waals surface area contributed by atoms with Crippen LogP contribution in [0.4, 0.5) is 5.69 Å². The molecule has 1 aliphatic heterocycles. The molecule has 0 aliphatic carbocycles. The number of anilines is 1. The molecular weight excluding hydrogens is 426 g/mol. The van der Waals surface area contributed by atoms with Gasteiger partial charge >= 0.3 is 0 Å². The van der Waals surface area contributed by atoms with Gasteiger partial charge in [-0.25, -0.2) is 0 Å². The Kier molecular flexibility index (Phi) is 6.71. The zero-order valence-corrected chi connectivity index (χ0v) is 19.1. The number of carbonyl (C=O) groups excluding carboxylic acids is 1. The van der Waals surface area contributed by atoms with E-state index in [1.165, 1.54) is 15.7 Å². The van der Waals surface area contributed by atoms with E-state index in [0.717, 1.165) is 22.3 Å². The number of nitrogens with zero attached hydrogens (tertiary/aromatic N) is 2. The number of hydrogen-bond acceptors (Lipinski definition) is 4. The molecule has 7 nitrogen and oxygen atoms in total. The quantitative estimate of drug-likeness (QED) is 0.731. The van der Waals surface area contributed by atoms with E-state index in [0.29, 0.717) is 29.5 Å². The second-order valence-electron chi connectivity index (χ2n) is 7.45. The van der Waals surface area contributed by atoms with Gasteiger partial charge < -0.3 is 10.1 Å². The van der Waals surface area contributed by atoms with Crippen LogP contribution in [0.15, 0.2) is 30.3 Å². The lowest BCUT2D eigenvalue weighted by Gasteiger charge is -2.20. The van der Waals surface area contributed by atoms with Gasteiger partial charge in [0.25, 0.3) is 10.2 Å². The van der Waals surface area contributed by atoms with Gasteiger partial charge in [-0.15, -0.1) is 0 Å². The number of halogens is 1. The smallest absolute Gasteiger partial charge is 0.282 e. The minimum absolute atomic E-state index is 0.256. The number of methoxy groups -OCH3 is 1. The first-order valence-electron chi connectivity index (χ1n) is 9.57. The summed E-state index contributed by atoms with van der Waals surface area (Å²) >= 11 is 6.07. The Morgan fingerprint density at radius 3 is 2.33 bits per heavy atom. The molecule has 0 saturated carbocycles. The number of nitrogens with one attached hydrogen (secondary N) is 1. The Morgan fingerprint density at radius 2 is 1.73 bits per heavy atom. The van der Waals surface area contributed by atoms with Crippen LogP contribution in [-0.4, -0.2) is 49.7 Å². The molecule has 0 aromatic heterocycles. The molecule has 0 atom stereocenters. The highest BCUT2D eigenvalue weighted by atomic mass is 35.5. The zero-order chi connectivity index (χ0) is 22.1. The predicted molar refractivity (Wildman–Crippen MR) is 118 cm³/mol. The van der Waals surface area contributed by atoms with E-state index in [4.69, 9.17) is 16.3 Å². The van der Waals surface area contributed by atoms with Gasteiger partial charge in [-0.05, 0) is 55.7 Å². The van der Waals surface area contributed by atoms with Crippen LogP contribution in [0.5, 0.6) is 5.75 Å². The van der Waals surface area contributed by atoms with Gasteiger partial charge in [-0.1, -0.05) is 29.3 Å². The third-order valence-corrected chi connectivity index (χ3v) is 7.41. The summed E-state index contributed by atoms with van der Waals surface area (Å²) in [4.78, 5) is 12.4. The summed E-state index contributed by atoms with van der Waals surface area (Å²) in [5, 5.41) is 3.04. The lowest BCUT2D eigenvalue weighted by molar-refractivity contribution is -0.116. The summed E-state index contributed by atoms with van der Waals surface area (Å²) in [6.07, 6.45) is 0. The van der Waals surface area contributed by atoms with E-state index < -0.39 is 16.1 Å². The molecule has 0 unspecified atom stereocenters. The number of rotatable bonds is 6. The first kappa shape index (κ1) is 22.6. The predicted octanol–water partition coefficient (Wildman–Crippen LogP) is 3.27. The molecule has 0 bridgehead atoms. The Bertz CT molecular complexity index is 1050. The van der Waals surface area contributed by atoms with E-state index in [1.54, 1.807) is 18.2 Å². The topological polar surface area (TPSA) is 79.0 Å². The summed E-state index contributed by atoms with van der Waals surface area (Å²) in [6.45, 7) is 6.65. The average molecular weight is 452 g/mol. The van der Waals surface area contributed by atoms with Crippen LogP contribution < -0.4 is 10.1 Å². The first-order chi connectivity index (χ1) is 14.1. The molecule has 1 fully saturated rings. The fraction of sp³-hybridized carbons (Fsp3) is 0.381. The van der Waals surface area contributed by atoms with Crippen LogP contribution in [0, 0.1) is 20.8 Å². The van der Waals surface area contributed by atoms with Crippen LogP contribution in [0.3, 0.4) is 0 Å². The molecule has 1 N–H and O–H groups in total. The minimum Gasteiger partial charge on any atom is -0.495 e. The molecular formula is C21H26ClN3O4S. The molecule has 3 rings (SSSR count). The van der Waals surface area contributed by atoms with Crippen molar-refractivity contribution in [2.24, 2.45) is 0 Å². The molecule has 2 aromatic carbocycles. The lowest BCUT2D eigenvalue weighted by Crippen LogP contribution is -2.38. The van der Waals surface area contributed by atoms with Gasteiger partial charge in [0, 0.05) is 25.3 Å². The second kappa shape index (κ2) is 8.93. The number of hydrogen-bond donors (Lipinski definition) is 1. The summed E-state index contributed by atoms with van der Waals surface area (Å²) in [7, 11) is -2.21. The largest absolute Gasteiger partial charge is 0.495 e. The van der Waals surface area contributed by atoms with Crippen LogP contribution in [-0.2, 0) is 21.5 Å². The molecule has 1 amide bonds. The first-order valence-corrected chi connectivity index (χ1v) is 11.3. The van der Waals surface area contributed by atoms with Gasteiger partial charge in [0.05, 0.1) is 18.7 Å². The van der Waals surface area contributed by atoms with Gasteiger partial charge in [0.15, 0.2) is 0 Å². The standard InChI is InChI=1S/C21H26ClN3O4S/c1-14-9-15(2)18(16(3)10-14)12-24-7-8-25(30(24,27)28)13-21(26)23-17-5-6-20(29-4)19(22)11-17/h5-6,9-11H,7-8,12-13H2,1-4H3,(H,23,26). The third kappa shape index (κ3) is 4.78. The van der Waals surface area contributed by atoms with Crippen molar-refractivity contribution in [1.82, 2.24) is 8.61 Å². The summed E-state index contributed by atoms with van der Waals surface area (Å²) in [5.41, 5.74) is 4.76. The molecule has 1 saturated heterocycles. The molecule has 30 heavy (non-hydrogen) atoms. The highest BCUT2D eigenvalue weighted by Gasteiger charge is 2.37. The molecule has 2 aromatic rings. The number of benzene rings is 2. The van der Waals surface area contributed by atoms with Crippen LogP contribution in [0.1, 0.15) is 22.3 Å². The summed E-state index contributed by atoms with van der Waals surface area (Å²) < 4.78 is 33.6. The maximum Gasteiger partial charge on any atom is 0.282 e. The average Bonchev–Trinajstić information content (AvgIpc) is 2.92. The molecule has 0 radical (unpaired) electrons. The normalized spacial score (nSPS) is 16.6. The van der Waals surface area contributed by atoms with Crippen molar-refractivity contribution >= 4 is 33.4 Å². The highest BCUT2D eigenvalue weighted by molar-refractivity contribution is 7.87. The number of aryl methyl sites for hydroxylation is 3. The van der Waals surface area contributed by atoms with Crippen molar-refractivity contribution in [3.63, 3.8) is 0 Å². The fourth-order valence-corrected chi connectivity index (χ4v) is 5.46. The Hall–Kier alpha value is -2.13. The van der Waals surface area contributed by atoms with Gasteiger partial charge in [0.2, 0.25) is 5.91 Å². The van der Waals surface area contributed by atoms with Crippen molar-refractivity contribution in [1.29, 1.82) is 0 Å². The van der Waals surface area contributed by atoms with Crippen LogP contribution in [0.25, 0.3) is 0 Å². The zero-order valence-electron chi connectivity index (χ0n) is 17.5. The molecule has 162 valence electrons. The van der Waals surface area contributed by atoms with Gasteiger partial charge in [-0.2, -0.15) is 17.0 Å². The van der Waals surface area contributed by atoms with Crippen molar-refractivity contribution in [3.8, 4) is 5.75 Å². The molecule has 9 heteroatoms. The highest BCUT2D eigenvalue weighted by Crippen LogP contribution is 2.28. The maximum atomic E-state index is 12.9. The Morgan fingerprint density at radius 1 is 1.10 bits per heavy atom. The van der Waals surface area contributed by atoms with Crippen LogP contribution >= 0.6 is 11.6 Å². The lowest BCUT2D eigenvalue weighted by atomic mass is 10.00. The van der Waals surface area contributed by atoms with E-state index in [9.17, 15) is 13.2 Å². The molecule has 1 heterocycles. The van der Waals surface area contributed by atoms with E-state index in [-0.39, 0.29) is 13.1 Å². The van der Waals surface area contributed by atoms with Crippen molar-refractivity contribution in [2.75, 3.05) is 32.1 Å². The van der Waals surface area contributed by atoms with E-state index in [1.807, 2.05) is 20.8 Å². The molecule has 1 aliphatic rings. The second-order valence-corrected chi connectivity index (χ2v) is 9.79. The number of carbonyl (C=O) groups is 1. The van der Waals surface area contributed by atoms with E-state index >= 15 is 0 Å². The number of amides is 1. The van der Waals surface area contributed by atoms with Crippen molar-refractivity contribution < 1.29 is 17.9 Å². The Balaban J connectivity index is 1.67. The van der Waals surface area contributed by atoms with Gasteiger partial charge in [-0.3, -0.25) is 4.79 Å². The number of ether oxygens (including phenoxy) is 1. The minimum atomic E-state index is -3.72. The monoisotopic (exact) mass is 451 g/mol. The Labute approximate surface area is 182 Å². The summed E-state index contributed by atoms with van der Waals surface area (Å²) in [6, 6.07) is 8.95. The maximum absolute atomic E-state index is 12.9. The summed E-state index contributed by atoms with van der Waals surface area (Å²) in [5.74, 6) is 0.0680. The van der Waals surface area contributed by atoms with Gasteiger partial charge in [0.1, 0.15) is 5.75 Å². The SMILES string of the molecule is COc1ccc(NC(=O)CN2CCN(Cc3c(C)cc(C)cc3C)S2(=O)=O)cc1Cl.